The van der Waals surface area contributed by atoms with E-state index in [4.69, 9.17) is 5.73 Å². The highest BCUT2D eigenvalue weighted by molar-refractivity contribution is 5.10. The van der Waals surface area contributed by atoms with Gasteiger partial charge >= 0.3 is 0 Å². The van der Waals surface area contributed by atoms with E-state index in [0.717, 1.165) is 18.5 Å². The molecule has 0 radical (unpaired) electrons. The van der Waals surface area contributed by atoms with E-state index in [1.807, 2.05) is 0 Å². The largest absolute Gasteiger partial charge is 0.329 e. The van der Waals surface area contributed by atoms with Gasteiger partial charge in [-0.2, -0.15) is 0 Å². The van der Waals surface area contributed by atoms with Crippen LogP contribution in [0.25, 0.3) is 0 Å². The van der Waals surface area contributed by atoms with Crippen LogP contribution in [0.3, 0.4) is 0 Å². The van der Waals surface area contributed by atoms with Crippen LogP contribution in [0.4, 0.5) is 0 Å². The predicted octanol–water partition coefficient (Wildman–Crippen LogP) is 2.06. The molecule has 4 unspecified atom stereocenters. The van der Waals surface area contributed by atoms with E-state index in [1.54, 1.807) is 0 Å². The zero-order chi connectivity index (χ0) is 13.5. The number of nitrogens with zero attached hydrogens (tertiary/aromatic N) is 2. The standard InChI is InChI=1S/C16H31N3/c1-13-6-9-19(14(2)11-13)16(12-17)7-10-18-8-4-3-5-15(16)18/h13-15H,3-12,17H2,1-2H3. The third-order valence-electron chi connectivity index (χ3n) is 6.13. The van der Waals surface area contributed by atoms with E-state index >= 15 is 0 Å². The van der Waals surface area contributed by atoms with Gasteiger partial charge in [0, 0.05) is 25.2 Å². The highest BCUT2D eigenvalue weighted by Crippen LogP contribution is 2.42. The van der Waals surface area contributed by atoms with Gasteiger partial charge in [0.1, 0.15) is 0 Å². The van der Waals surface area contributed by atoms with Crippen molar-refractivity contribution in [3.63, 3.8) is 0 Å². The summed E-state index contributed by atoms with van der Waals surface area (Å²) in [6.45, 7) is 9.55. The van der Waals surface area contributed by atoms with E-state index in [0.29, 0.717) is 11.6 Å². The molecule has 0 aromatic carbocycles. The van der Waals surface area contributed by atoms with Crippen LogP contribution < -0.4 is 5.73 Å². The molecule has 3 nitrogen and oxygen atoms in total. The molecule has 0 aromatic heterocycles. The minimum absolute atomic E-state index is 0.292. The van der Waals surface area contributed by atoms with Crippen molar-refractivity contribution in [1.82, 2.24) is 9.80 Å². The summed E-state index contributed by atoms with van der Waals surface area (Å²) >= 11 is 0. The maximum Gasteiger partial charge on any atom is 0.0501 e. The SMILES string of the molecule is CC1CCN(C2(CN)CCN3CCCCC32)C(C)C1. The van der Waals surface area contributed by atoms with Gasteiger partial charge in [-0.3, -0.25) is 9.80 Å². The topological polar surface area (TPSA) is 32.5 Å². The normalized spacial score (nSPS) is 45.3. The lowest BCUT2D eigenvalue weighted by Crippen LogP contribution is -2.65. The molecule has 0 aliphatic carbocycles. The van der Waals surface area contributed by atoms with Gasteiger partial charge in [-0.25, -0.2) is 0 Å². The second-order valence-corrected chi connectivity index (χ2v) is 7.28. The second kappa shape index (κ2) is 5.34. The smallest absolute Gasteiger partial charge is 0.0501 e. The zero-order valence-corrected chi connectivity index (χ0v) is 12.8. The summed E-state index contributed by atoms with van der Waals surface area (Å²) < 4.78 is 0. The lowest BCUT2D eigenvalue weighted by Gasteiger charge is -2.52. The third kappa shape index (κ3) is 2.24. The van der Waals surface area contributed by atoms with Gasteiger partial charge in [0.25, 0.3) is 0 Å². The van der Waals surface area contributed by atoms with Crippen molar-refractivity contribution in [2.75, 3.05) is 26.2 Å². The molecule has 0 spiro atoms. The maximum atomic E-state index is 6.34. The van der Waals surface area contributed by atoms with Crippen molar-refractivity contribution in [1.29, 1.82) is 0 Å². The van der Waals surface area contributed by atoms with Crippen molar-refractivity contribution in [3.05, 3.63) is 0 Å². The molecule has 3 aliphatic heterocycles. The Morgan fingerprint density at radius 1 is 1.11 bits per heavy atom. The van der Waals surface area contributed by atoms with Crippen molar-refractivity contribution in [3.8, 4) is 0 Å². The number of likely N-dealkylation sites (tertiary alicyclic amines) is 1. The van der Waals surface area contributed by atoms with Gasteiger partial charge in [0.2, 0.25) is 0 Å². The fraction of sp³-hybridized carbons (Fsp3) is 1.00. The molecule has 0 amide bonds. The van der Waals surface area contributed by atoms with Crippen molar-refractivity contribution < 1.29 is 0 Å². The Morgan fingerprint density at radius 2 is 1.95 bits per heavy atom. The van der Waals surface area contributed by atoms with E-state index in [9.17, 15) is 0 Å². The van der Waals surface area contributed by atoms with Crippen LogP contribution in [0, 0.1) is 5.92 Å². The molecular formula is C16H31N3. The zero-order valence-electron chi connectivity index (χ0n) is 12.8. The Balaban J connectivity index is 1.82. The molecule has 3 heterocycles. The fourth-order valence-electron chi connectivity index (χ4n) is 5.13. The summed E-state index contributed by atoms with van der Waals surface area (Å²) in [5.74, 6) is 0.893. The maximum absolute atomic E-state index is 6.34. The average Bonchev–Trinajstić information content (AvgIpc) is 2.79. The molecule has 3 fully saturated rings. The second-order valence-electron chi connectivity index (χ2n) is 7.28. The molecule has 4 atom stereocenters. The average molecular weight is 265 g/mol. The van der Waals surface area contributed by atoms with Gasteiger partial charge in [0.15, 0.2) is 0 Å². The van der Waals surface area contributed by atoms with Gasteiger partial charge in [0.05, 0.1) is 5.54 Å². The molecular weight excluding hydrogens is 234 g/mol. The van der Waals surface area contributed by atoms with E-state index in [1.165, 1.54) is 58.2 Å². The Hall–Kier alpha value is -0.120. The van der Waals surface area contributed by atoms with Crippen molar-refractivity contribution in [2.24, 2.45) is 11.7 Å². The van der Waals surface area contributed by atoms with Gasteiger partial charge in [-0.15, -0.1) is 0 Å². The summed E-state index contributed by atoms with van der Waals surface area (Å²) in [6.07, 6.45) is 8.18. The van der Waals surface area contributed by atoms with Crippen molar-refractivity contribution in [2.45, 2.75) is 70.0 Å². The molecule has 0 aromatic rings. The number of hydrogen-bond acceptors (Lipinski definition) is 3. The summed E-state index contributed by atoms with van der Waals surface area (Å²) in [4.78, 5) is 5.55. The number of nitrogens with two attached hydrogens (primary N) is 1. The molecule has 3 saturated heterocycles. The fourth-order valence-corrected chi connectivity index (χ4v) is 5.13. The first kappa shape index (κ1) is 13.8. The van der Waals surface area contributed by atoms with Gasteiger partial charge < -0.3 is 5.73 Å². The summed E-state index contributed by atoms with van der Waals surface area (Å²) in [6, 6.07) is 1.45. The Kier molecular flexibility index (Phi) is 3.89. The highest BCUT2D eigenvalue weighted by Gasteiger charge is 2.52. The molecule has 0 bridgehead atoms. The molecule has 3 aliphatic rings. The summed E-state index contributed by atoms with van der Waals surface area (Å²) in [5, 5.41) is 0. The van der Waals surface area contributed by atoms with Crippen LogP contribution in [0.15, 0.2) is 0 Å². The van der Waals surface area contributed by atoms with Crippen molar-refractivity contribution >= 4 is 0 Å². The molecule has 2 N–H and O–H groups in total. The minimum Gasteiger partial charge on any atom is -0.329 e. The molecule has 3 rings (SSSR count). The lowest BCUT2D eigenvalue weighted by molar-refractivity contribution is -0.0164. The third-order valence-corrected chi connectivity index (χ3v) is 6.13. The highest BCUT2D eigenvalue weighted by atomic mass is 15.3. The van der Waals surface area contributed by atoms with Crippen LogP contribution in [0.5, 0.6) is 0 Å². The van der Waals surface area contributed by atoms with Gasteiger partial charge in [-0.1, -0.05) is 13.3 Å². The first-order valence-corrected chi connectivity index (χ1v) is 8.38. The predicted molar refractivity (Wildman–Crippen MR) is 80.2 cm³/mol. The monoisotopic (exact) mass is 265 g/mol. The van der Waals surface area contributed by atoms with E-state index in [-0.39, 0.29) is 0 Å². The molecule has 19 heavy (non-hydrogen) atoms. The van der Waals surface area contributed by atoms with Crippen LogP contribution in [-0.2, 0) is 0 Å². The van der Waals surface area contributed by atoms with Crippen LogP contribution in [-0.4, -0.2) is 53.6 Å². The number of rotatable bonds is 2. The van der Waals surface area contributed by atoms with Gasteiger partial charge in [-0.05, 0) is 58.0 Å². The molecule has 3 heteroatoms. The molecule has 0 saturated carbocycles. The van der Waals surface area contributed by atoms with Crippen LogP contribution >= 0.6 is 0 Å². The van der Waals surface area contributed by atoms with E-state index < -0.39 is 0 Å². The molecule has 110 valence electrons. The summed E-state index contributed by atoms with van der Waals surface area (Å²) in [7, 11) is 0. The minimum atomic E-state index is 0.292. The Morgan fingerprint density at radius 3 is 2.68 bits per heavy atom. The summed E-state index contributed by atoms with van der Waals surface area (Å²) in [5.41, 5.74) is 6.63. The first-order chi connectivity index (χ1) is 9.17. The Labute approximate surface area is 118 Å². The number of fused-ring (bicyclic) bond motifs is 1. The quantitative estimate of drug-likeness (QED) is 0.829. The van der Waals surface area contributed by atoms with E-state index in [2.05, 4.69) is 23.6 Å². The first-order valence-electron chi connectivity index (χ1n) is 8.38. The van der Waals surface area contributed by atoms with Crippen LogP contribution in [0.2, 0.25) is 0 Å². The lowest BCUT2D eigenvalue weighted by atomic mass is 9.80. The number of piperidine rings is 2. The Bertz CT molecular complexity index is 319. The van der Waals surface area contributed by atoms with Crippen LogP contribution in [0.1, 0.15) is 52.4 Å². The number of hydrogen-bond donors (Lipinski definition) is 1.